The zero-order chi connectivity index (χ0) is 18.1. The SMILES string of the molecule is Cc1cccc2c1C(C=Nc1ccc(N3CCC(C)CC3)cc1)C(=O)N2. The van der Waals surface area contributed by atoms with Gasteiger partial charge in [-0.1, -0.05) is 19.1 Å². The summed E-state index contributed by atoms with van der Waals surface area (Å²) in [5, 5.41) is 2.94. The number of hydrogen-bond donors (Lipinski definition) is 1. The van der Waals surface area contributed by atoms with Gasteiger partial charge in [0, 0.05) is 30.7 Å². The van der Waals surface area contributed by atoms with Gasteiger partial charge in [0.2, 0.25) is 5.91 Å². The third kappa shape index (κ3) is 3.24. The van der Waals surface area contributed by atoms with Crippen LogP contribution in [0.1, 0.15) is 36.8 Å². The predicted octanol–water partition coefficient (Wildman–Crippen LogP) is 4.67. The minimum atomic E-state index is -0.311. The van der Waals surface area contributed by atoms with Crippen molar-refractivity contribution in [3.8, 4) is 0 Å². The first-order valence-corrected chi connectivity index (χ1v) is 9.41. The van der Waals surface area contributed by atoms with Gasteiger partial charge >= 0.3 is 0 Å². The number of carbonyl (C=O) groups is 1. The molecule has 2 aliphatic rings. The first-order valence-electron chi connectivity index (χ1n) is 9.41. The fourth-order valence-corrected chi connectivity index (χ4v) is 3.86. The average Bonchev–Trinajstić information content (AvgIpc) is 2.98. The molecule has 0 bridgehead atoms. The van der Waals surface area contributed by atoms with E-state index < -0.39 is 0 Å². The van der Waals surface area contributed by atoms with Gasteiger partial charge in [-0.25, -0.2) is 0 Å². The van der Waals surface area contributed by atoms with E-state index in [1.165, 1.54) is 18.5 Å². The van der Waals surface area contributed by atoms with Gasteiger partial charge in [0.1, 0.15) is 5.92 Å². The van der Waals surface area contributed by atoms with Gasteiger partial charge < -0.3 is 10.2 Å². The summed E-state index contributed by atoms with van der Waals surface area (Å²) < 4.78 is 0. The molecular weight excluding hydrogens is 322 g/mol. The third-order valence-electron chi connectivity index (χ3n) is 5.55. The summed E-state index contributed by atoms with van der Waals surface area (Å²) in [5.74, 6) is 0.519. The van der Waals surface area contributed by atoms with E-state index in [-0.39, 0.29) is 11.8 Å². The summed E-state index contributed by atoms with van der Waals surface area (Å²) >= 11 is 0. The lowest BCUT2D eigenvalue weighted by Crippen LogP contribution is -2.32. The van der Waals surface area contributed by atoms with Gasteiger partial charge in [-0.2, -0.15) is 0 Å². The van der Waals surface area contributed by atoms with Gasteiger partial charge in [-0.3, -0.25) is 9.79 Å². The summed E-state index contributed by atoms with van der Waals surface area (Å²) in [7, 11) is 0. The van der Waals surface area contributed by atoms with E-state index in [9.17, 15) is 4.79 Å². The van der Waals surface area contributed by atoms with Crippen LogP contribution in [0.15, 0.2) is 47.5 Å². The van der Waals surface area contributed by atoms with Crippen LogP contribution >= 0.6 is 0 Å². The molecule has 2 aromatic carbocycles. The smallest absolute Gasteiger partial charge is 0.237 e. The van der Waals surface area contributed by atoms with E-state index >= 15 is 0 Å². The third-order valence-corrected chi connectivity index (χ3v) is 5.55. The van der Waals surface area contributed by atoms with Crippen molar-refractivity contribution >= 4 is 29.2 Å². The van der Waals surface area contributed by atoms with Crippen molar-refractivity contribution in [1.82, 2.24) is 0 Å². The quantitative estimate of drug-likeness (QED) is 0.820. The number of hydrogen-bond acceptors (Lipinski definition) is 3. The molecule has 0 saturated carbocycles. The number of nitrogens with zero attached hydrogens (tertiary/aromatic N) is 2. The molecule has 1 unspecified atom stereocenters. The Hall–Kier alpha value is -2.62. The topological polar surface area (TPSA) is 44.7 Å². The molecule has 1 fully saturated rings. The highest BCUT2D eigenvalue weighted by Gasteiger charge is 2.30. The summed E-state index contributed by atoms with van der Waals surface area (Å²) in [4.78, 5) is 19.3. The van der Waals surface area contributed by atoms with Crippen LogP contribution < -0.4 is 10.2 Å². The highest BCUT2D eigenvalue weighted by atomic mass is 16.2. The van der Waals surface area contributed by atoms with Crippen molar-refractivity contribution in [3.63, 3.8) is 0 Å². The fourth-order valence-electron chi connectivity index (χ4n) is 3.86. The summed E-state index contributed by atoms with van der Waals surface area (Å²) in [6, 6.07) is 14.3. The van der Waals surface area contributed by atoms with Crippen LogP contribution in [0.2, 0.25) is 0 Å². The number of anilines is 2. The Morgan fingerprint density at radius 1 is 1.12 bits per heavy atom. The molecule has 0 spiro atoms. The van der Waals surface area contributed by atoms with Crippen LogP contribution in [0, 0.1) is 12.8 Å². The molecule has 1 amide bonds. The Morgan fingerprint density at radius 3 is 2.58 bits per heavy atom. The molecule has 0 radical (unpaired) electrons. The minimum Gasteiger partial charge on any atom is -0.372 e. The van der Waals surface area contributed by atoms with Crippen molar-refractivity contribution in [1.29, 1.82) is 0 Å². The maximum absolute atomic E-state index is 12.3. The van der Waals surface area contributed by atoms with Crippen molar-refractivity contribution in [2.75, 3.05) is 23.3 Å². The lowest BCUT2D eigenvalue weighted by molar-refractivity contribution is -0.115. The van der Waals surface area contributed by atoms with Crippen molar-refractivity contribution in [3.05, 3.63) is 53.6 Å². The Balaban J connectivity index is 1.49. The first kappa shape index (κ1) is 16.8. The number of benzene rings is 2. The van der Waals surface area contributed by atoms with Gasteiger partial charge in [0.25, 0.3) is 0 Å². The minimum absolute atomic E-state index is 0.00268. The molecule has 0 aliphatic carbocycles. The molecule has 1 N–H and O–H groups in total. The van der Waals surface area contributed by atoms with E-state index in [1.54, 1.807) is 6.21 Å². The largest absolute Gasteiger partial charge is 0.372 e. The van der Waals surface area contributed by atoms with E-state index in [1.807, 2.05) is 37.3 Å². The van der Waals surface area contributed by atoms with Gasteiger partial charge in [-0.15, -0.1) is 0 Å². The molecule has 2 aliphatic heterocycles. The molecule has 26 heavy (non-hydrogen) atoms. The predicted molar refractivity (Wildman–Crippen MR) is 108 cm³/mol. The Kier molecular flexibility index (Phi) is 4.49. The summed E-state index contributed by atoms with van der Waals surface area (Å²) in [5.41, 5.74) is 5.21. The summed E-state index contributed by atoms with van der Waals surface area (Å²) in [6.45, 7) is 6.62. The maximum atomic E-state index is 12.3. The molecule has 2 heterocycles. The molecular formula is C22H25N3O. The second kappa shape index (κ2) is 6.94. The Labute approximate surface area is 154 Å². The van der Waals surface area contributed by atoms with Crippen LogP contribution in [-0.2, 0) is 4.79 Å². The van der Waals surface area contributed by atoms with Gasteiger partial charge in [0.15, 0.2) is 0 Å². The molecule has 2 aromatic rings. The van der Waals surface area contributed by atoms with Crippen molar-refractivity contribution in [2.24, 2.45) is 10.9 Å². The number of aryl methyl sites for hydroxylation is 1. The molecule has 134 valence electrons. The number of nitrogens with one attached hydrogen (secondary N) is 1. The van der Waals surface area contributed by atoms with Crippen LogP contribution in [0.4, 0.5) is 17.1 Å². The van der Waals surface area contributed by atoms with Crippen LogP contribution in [-0.4, -0.2) is 25.2 Å². The van der Waals surface area contributed by atoms with Crippen LogP contribution in [0.25, 0.3) is 0 Å². The Morgan fingerprint density at radius 2 is 1.85 bits per heavy atom. The monoisotopic (exact) mass is 347 g/mol. The lowest BCUT2D eigenvalue weighted by atomic mass is 9.97. The normalized spacial score (nSPS) is 20.5. The van der Waals surface area contributed by atoms with E-state index in [0.29, 0.717) is 0 Å². The lowest BCUT2D eigenvalue weighted by Gasteiger charge is -2.32. The molecule has 1 saturated heterocycles. The highest BCUT2D eigenvalue weighted by Crippen LogP contribution is 2.34. The fraction of sp³-hybridized carbons (Fsp3) is 0.364. The van der Waals surface area contributed by atoms with Crippen LogP contribution in [0.5, 0.6) is 0 Å². The standard InChI is InChI=1S/C22H25N3O/c1-15-10-12-25(13-11-15)18-8-6-17(7-9-18)23-14-19-21-16(2)4-3-5-20(21)24-22(19)26/h3-9,14-15,19H,10-13H2,1-2H3,(H,24,26). The van der Waals surface area contributed by atoms with Crippen LogP contribution in [0.3, 0.4) is 0 Å². The number of rotatable bonds is 3. The highest BCUT2D eigenvalue weighted by molar-refractivity contribution is 6.13. The zero-order valence-corrected chi connectivity index (χ0v) is 15.4. The van der Waals surface area contributed by atoms with Crippen molar-refractivity contribution < 1.29 is 4.79 Å². The van der Waals surface area contributed by atoms with E-state index in [0.717, 1.165) is 41.5 Å². The summed E-state index contributed by atoms with van der Waals surface area (Å²) in [6.07, 6.45) is 4.29. The number of amides is 1. The maximum Gasteiger partial charge on any atom is 0.237 e. The number of fused-ring (bicyclic) bond motifs is 1. The second-order valence-electron chi connectivity index (χ2n) is 7.47. The van der Waals surface area contributed by atoms with Gasteiger partial charge in [0.05, 0.1) is 5.69 Å². The molecule has 1 atom stereocenters. The number of aliphatic imine (C=N–C) groups is 1. The van der Waals surface area contributed by atoms with E-state index in [4.69, 9.17) is 0 Å². The molecule has 0 aromatic heterocycles. The molecule has 4 rings (SSSR count). The Bertz CT molecular complexity index is 833. The molecule has 4 heteroatoms. The average molecular weight is 347 g/mol. The van der Waals surface area contributed by atoms with E-state index in [2.05, 4.69) is 34.3 Å². The zero-order valence-electron chi connectivity index (χ0n) is 15.4. The number of piperidine rings is 1. The number of carbonyl (C=O) groups excluding carboxylic acids is 1. The first-order chi connectivity index (χ1) is 12.6. The van der Waals surface area contributed by atoms with Crippen molar-refractivity contribution in [2.45, 2.75) is 32.6 Å². The molecule has 4 nitrogen and oxygen atoms in total. The second-order valence-corrected chi connectivity index (χ2v) is 7.47. The van der Waals surface area contributed by atoms with Gasteiger partial charge in [-0.05, 0) is 67.1 Å².